The van der Waals surface area contributed by atoms with Crippen LogP contribution in [-0.4, -0.2) is 6.36 Å². The molecule has 0 saturated carbocycles. The molecule has 0 aromatic heterocycles. The van der Waals surface area contributed by atoms with Crippen LogP contribution in [0.25, 0.3) is 0 Å². The Balaban J connectivity index is 2.96. The lowest BCUT2D eigenvalue weighted by atomic mass is 10.1. The van der Waals surface area contributed by atoms with Gasteiger partial charge in [-0.2, -0.15) is 0 Å². The number of ether oxygens (including phenoxy) is 1. The standard InChI is InChI=1S/C9H11F3N2O/c1-6(14-13)7-4-2-3-5-8(7)15-9(10,11)12/h2-6,14H,13H2,1H3/t6-/m0/s1. The molecule has 1 aromatic carbocycles. The summed E-state index contributed by atoms with van der Waals surface area (Å²) in [6, 6.07) is 5.44. The van der Waals surface area contributed by atoms with E-state index >= 15 is 0 Å². The van der Waals surface area contributed by atoms with Crippen LogP contribution in [0.2, 0.25) is 0 Å². The fraction of sp³-hybridized carbons (Fsp3) is 0.333. The number of benzene rings is 1. The Morgan fingerprint density at radius 3 is 2.47 bits per heavy atom. The third kappa shape index (κ3) is 3.41. The van der Waals surface area contributed by atoms with Gasteiger partial charge in [-0.05, 0) is 13.0 Å². The minimum atomic E-state index is -4.69. The topological polar surface area (TPSA) is 47.3 Å². The van der Waals surface area contributed by atoms with Crippen LogP contribution in [0.4, 0.5) is 13.2 Å². The summed E-state index contributed by atoms with van der Waals surface area (Å²) in [5, 5.41) is 0. The predicted molar refractivity (Wildman–Crippen MR) is 48.9 cm³/mol. The molecule has 0 unspecified atom stereocenters. The molecule has 0 fully saturated rings. The van der Waals surface area contributed by atoms with Crippen molar-refractivity contribution in [2.75, 3.05) is 0 Å². The zero-order valence-corrected chi connectivity index (χ0v) is 8.01. The van der Waals surface area contributed by atoms with Crippen LogP contribution in [0.15, 0.2) is 24.3 Å². The second-order valence-electron chi connectivity index (χ2n) is 2.97. The molecule has 84 valence electrons. The summed E-state index contributed by atoms with van der Waals surface area (Å²) in [4.78, 5) is 0. The predicted octanol–water partition coefficient (Wildman–Crippen LogP) is 2.11. The maximum absolute atomic E-state index is 12.0. The van der Waals surface area contributed by atoms with Gasteiger partial charge in [-0.1, -0.05) is 18.2 Å². The highest BCUT2D eigenvalue weighted by Crippen LogP contribution is 2.29. The molecular weight excluding hydrogens is 209 g/mol. The van der Waals surface area contributed by atoms with Gasteiger partial charge in [0.15, 0.2) is 0 Å². The Morgan fingerprint density at radius 1 is 1.33 bits per heavy atom. The fourth-order valence-corrected chi connectivity index (χ4v) is 1.15. The van der Waals surface area contributed by atoms with Gasteiger partial charge in [-0.3, -0.25) is 11.3 Å². The third-order valence-electron chi connectivity index (χ3n) is 1.86. The second-order valence-corrected chi connectivity index (χ2v) is 2.97. The molecule has 0 aliphatic rings. The zero-order chi connectivity index (χ0) is 11.5. The van der Waals surface area contributed by atoms with E-state index in [-0.39, 0.29) is 5.75 Å². The fourth-order valence-electron chi connectivity index (χ4n) is 1.15. The molecule has 0 saturated heterocycles. The molecule has 1 rings (SSSR count). The van der Waals surface area contributed by atoms with Crippen molar-refractivity contribution in [2.45, 2.75) is 19.3 Å². The monoisotopic (exact) mass is 220 g/mol. The number of alkyl halides is 3. The molecule has 0 radical (unpaired) electrons. The van der Waals surface area contributed by atoms with Crippen LogP contribution in [0.5, 0.6) is 5.75 Å². The van der Waals surface area contributed by atoms with E-state index in [4.69, 9.17) is 5.84 Å². The van der Waals surface area contributed by atoms with Gasteiger partial charge in [-0.25, -0.2) is 0 Å². The van der Waals surface area contributed by atoms with Crippen molar-refractivity contribution in [3.63, 3.8) is 0 Å². The lowest BCUT2D eigenvalue weighted by molar-refractivity contribution is -0.275. The zero-order valence-electron chi connectivity index (χ0n) is 8.01. The highest BCUT2D eigenvalue weighted by Gasteiger charge is 2.32. The van der Waals surface area contributed by atoms with Gasteiger partial charge in [-0.15, -0.1) is 13.2 Å². The van der Waals surface area contributed by atoms with Crippen molar-refractivity contribution < 1.29 is 17.9 Å². The Labute approximate surface area is 85.0 Å². The molecule has 0 heterocycles. The number of nitrogens with one attached hydrogen (secondary N) is 1. The molecule has 6 heteroatoms. The van der Waals surface area contributed by atoms with Gasteiger partial charge in [0.2, 0.25) is 0 Å². The minimum Gasteiger partial charge on any atom is -0.405 e. The molecule has 1 atom stereocenters. The first-order valence-corrected chi connectivity index (χ1v) is 4.25. The van der Waals surface area contributed by atoms with Crippen LogP contribution in [0, 0.1) is 0 Å². The quantitative estimate of drug-likeness (QED) is 0.605. The summed E-state index contributed by atoms with van der Waals surface area (Å²) < 4.78 is 39.9. The van der Waals surface area contributed by atoms with Crippen molar-refractivity contribution in [1.82, 2.24) is 5.43 Å². The SMILES string of the molecule is C[C@H](NN)c1ccccc1OC(F)(F)F. The smallest absolute Gasteiger partial charge is 0.405 e. The van der Waals surface area contributed by atoms with E-state index < -0.39 is 12.4 Å². The summed E-state index contributed by atoms with van der Waals surface area (Å²) in [5.74, 6) is 4.91. The summed E-state index contributed by atoms with van der Waals surface area (Å²) >= 11 is 0. The minimum absolute atomic E-state index is 0.240. The number of halogens is 3. The van der Waals surface area contributed by atoms with Gasteiger partial charge >= 0.3 is 6.36 Å². The maximum Gasteiger partial charge on any atom is 0.573 e. The van der Waals surface area contributed by atoms with Gasteiger partial charge in [0, 0.05) is 11.6 Å². The lowest BCUT2D eigenvalue weighted by Crippen LogP contribution is -2.27. The molecule has 1 aromatic rings. The Morgan fingerprint density at radius 2 is 1.93 bits per heavy atom. The average molecular weight is 220 g/mol. The number of hydrazine groups is 1. The van der Waals surface area contributed by atoms with E-state index in [1.54, 1.807) is 13.0 Å². The number of hydrogen-bond donors (Lipinski definition) is 2. The Hall–Kier alpha value is -1.27. The second kappa shape index (κ2) is 4.50. The molecule has 15 heavy (non-hydrogen) atoms. The van der Waals surface area contributed by atoms with Crippen LogP contribution in [0.1, 0.15) is 18.5 Å². The third-order valence-corrected chi connectivity index (χ3v) is 1.86. The maximum atomic E-state index is 12.0. The van der Waals surface area contributed by atoms with Gasteiger partial charge in [0.05, 0.1) is 0 Å². The summed E-state index contributed by atoms with van der Waals surface area (Å²) in [7, 11) is 0. The van der Waals surface area contributed by atoms with Crippen LogP contribution >= 0.6 is 0 Å². The first-order valence-electron chi connectivity index (χ1n) is 4.25. The first kappa shape index (κ1) is 11.8. The number of para-hydroxylation sites is 1. The van der Waals surface area contributed by atoms with Crippen molar-refractivity contribution in [3.05, 3.63) is 29.8 Å². The normalized spacial score (nSPS) is 13.7. The molecule has 0 aliphatic heterocycles. The largest absolute Gasteiger partial charge is 0.573 e. The average Bonchev–Trinajstić information content (AvgIpc) is 2.15. The molecular formula is C9H11F3N2O. The van der Waals surface area contributed by atoms with E-state index in [2.05, 4.69) is 10.2 Å². The van der Waals surface area contributed by atoms with E-state index in [9.17, 15) is 13.2 Å². The van der Waals surface area contributed by atoms with Crippen LogP contribution in [0.3, 0.4) is 0 Å². The van der Waals surface area contributed by atoms with Gasteiger partial charge in [0.1, 0.15) is 5.75 Å². The molecule has 0 bridgehead atoms. The summed E-state index contributed by atoms with van der Waals surface area (Å²) in [6.07, 6.45) is -4.69. The van der Waals surface area contributed by atoms with Crippen molar-refractivity contribution in [2.24, 2.45) is 5.84 Å². The highest BCUT2D eigenvalue weighted by atomic mass is 19.4. The van der Waals surface area contributed by atoms with Crippen LogP contribution in [-0.2, 0) is 0 Å². The van der Waals surface area contributed by atoms with Crippen molar-refractivity contribution in [3.8, 4) is 5.75 Å². The number of hydrogen-bond acceptors (Lipinski definition) is 3. The Kier molecular flexibility index (Phi) is 3.54. The lowest BCUT2D eigenvalue weighted by Gasteiger charge is -2.16. The van der Waals surface area contributed by atoms with Gasteiger partial charge < -0.3 is 4.74 Å². The summed E-state index contributed by atoms with van der Waals surface area (Å²) in [5.41, 5.74) is 2.72. The first-order chi connectivity index (χ1) is 6.94. The molecule has 0 aliphatic carbocycles. The number of rotatable bonds is 3. The molecule has 0 spiro atoms. The molecule has 0 amide bonds. The van der Waals surface area contributed by atoms with Crippen LogP contribution < -0.4 is 16.0 Å². The van der Waals surface area contributed by atoms with E-state index in [0.29, 0.717) is 5.56 Å². The highest BCUT2D eigenvalue weighted by molar-refractivity contribution is 5.35. The van der Waals surface area contributed by atoms with Crippen molar-refractivity contribution >= 4 is 0 Å². The Bertz CT molecular complexity index is 327. The molecule has 3 N–H and O–H groups in total. The number of nitrogens with two attached hydrogens (primary N) is 1. The molecule has 3 nitrogen and oxygen atoms in total. The van der Waals surface area contributed by atoms with E-state index in [0.717, 1.165) is 0 Å². The van der Waals surface area contributed by atoms with Gasteiger partial charge in [0.25, 0.3) is 0 Å². The van der Waals surface area contributed by atoms with E-state index in [1.807, 2.05) is 0 Å². The summed E-state index contributed by atoms with van der Waals surface area (Å²) in [6.45, 7) is 1.64. The van der Waals surface area contributed by atoms with E-state index in [1.165, 1.54) is 18.2 Å². The van der Waals surface area contributed by atoms with Crippen molar-refractivity contribution in [1.29, 1.82) is 0 Å².